The van der Waals surface area contributed by atoms with Crippen LogP contribution in [0.4, 0.5) is 27.6 Å². The van der Waals surface area contributed by atoms with Gasteiger partial charge in [0.25, 0.3) is 5.91 Å². The number of hydrogen-bond acceptors (Lipinski definition) is 2. The molecule has 0 fully saturated rings. The molecule has 0 spiro atoms. The summed E-state index contributed by atoms with van der Waals surface area (Å²) in [5.74, 6) is -3.27. The third-order valence-electron chi connectivity index (χ3n) is 2.48. The number of aromatic nitrogens is 1. The van der Waals surface area contributed by atoms with Crippen molar-refractivity contribution in [3.63, 3.8) is 0 Å². The zero-order valence-corrected chi connectivity index (χ0v) is 10.2. The number of nitrogens with one attached hydrogen (secondary N) is 1. The molecule has 1 aromatic heterocycles. The van der Waals surface area contributed by atoms with Gasteiger partial charge in [0.15, 0.2) is 0 Å². The number of nitrogens with zero attached hydrogens (tertiary/aromatic N) is 1. The van der Waals surface area contributed by atoms with E-state index in [-0.39, 0.29) is 11.4 Å². The smallest absolute Gasteiger partial charge is 0.321 e. The molecule has 2 rings (SSSR count). The van der Waals surface area contributed by atoms with Crippen LogP contribution in [0.25, 0.3) is 0 Å². The van der Waals surface area contributed by atoms with Gasteiger partial charge < -0.3 is 5.32 Å². The van der Waals surface area contributed by atoms with Crippen molar-refractivity contribution in [1.29, 1.82) is 0 Å². The zero-order chi connectivity index (χ0) is 15.6. The van der Waals surface area contributed by atoms with Crippen molar-refractivity contribution >= 4 is 11.6 Å². The van der Waals surface area contributed by atoms with Gasteiger partial charge >= 0.3 is 6.18 Å². The lowest BCUT2D eigenvalue weighted by Gasteiger charge is -2.10. The Morgan fingerprint density at radius 3 is 2.43 bits per heavy atom. The Morgan fingerprint density at radius 2 is 1.81 bits per heavy atom. The van der Waals surface area contributed by atoms with Crippen molar-refractivity contribution in [2.75, 3.05) is 5.32 Å². The Balaban J connectivity index is 2.26. The molecular weight excluding hydrogens is 295 g/mol. The lowest BCUT2D eigenvalue weighted by molar-refractivity contribution is -0.139. The van der Waals surface area contributed by atoms with Crippen molar-refractivity contribution in [1.82, 2.24) is 4.98 Å². The summed E-state index contributed by atoms with van der Waals surface area (Å²) >= 11 is 0. The molecule has 0 bridgehead atoms. The number of rotatable bonds is 2. The minimum absolute atomic E-state index is 0.278. The molecule has 110 valence electrons. The van der Waals surface area contributed by atoms with E-state index in [0.29, 0.717) is 12.1 Å². The number of carbonyl (C=O) groups excluding carboxylic acids is 1. The van der Waals surface area contributed by atoms with Crippen molar-refractivity contribution < 1.29 is 26.7 Å². The van der Waals surface area contributed by atoms with Crippen molar-refractivity contribution in [3.8, 4) is 0 Å². The highest BCUT2D eigenvalue weighted by Crippen LogP contribution is 2.33. The quantitative estimate of drug-likeness (QED) is 0.680. The highest BCUT2D eigenvalue weighted by molar-refractivity contribution is 6.02. The van der Waals surface area contributed by atoms with Crippen LogP contribution in [0.15, 0.2) is 36.4 Å². The van der Waals surface area contributed by atoms with Gasteiger partial charge in [0, 0.05) is 5.69 Å². The topological polar surface area (TPSA) is 42.0 Å². The maximum Gasteiger partial charge on any atom is 0.419 e. The second-order valence-corrected chi connectivity index (χ2v) is 3.99. The van der Waals surface area contributed by atoms with Crippen LogP contribution >= 0.6 is 0 Å². The Hall–Kier alpha value is -2.51. The maximum absolute atomic E-state index is 13.1. The summed E-state index contributed by atoms with van der Waals surface area (Å²) in [6, 6.07) is 5.41. The van der Waals surface area contributed by atoms with Crippen LogP contribution in [0.3, 0.4) is 0 Å². The van der Waals surface area contributed by atoms with Gasteiger partial charge in [-0.2, -0.15) is 17.6 Å². The molecule has 1 amide bonds. The first-order valence-electron chi connectivity index (χ1n) is 5.58. The summed E-state index contributed by atoms with van der Waals surface area (Å²) in [7, 11) is 0. The fraction of sp³-hybridized carbons (Fsp3) is 0.0769. The third-order valence-corrected chi connectivity index (χ3v) is 2.48. The Kier molecular flexibility index (Phi) is 3.88. The fourth-order valence-corrected chi connectivity index (χ4v) is 1.55. The van der Waals surface area contributed by atoms with Crippen LogP contribution in [-0.2, 0) is 6.18 Å². The standard InChI is InChI=1S/C13H7F5N2O/c14-9-5-4-7(6-8(9)13(16,17)18)19-12(21)10-2-1-3-11(15)20-10/h1-6H,(H,19,21). The molecule has 0 aliphatic heterocycles. The monoisotopic (exact) mass is 302 g/mol. The number of alkyl halides is 3. The molecule has 0 saturated carbocycles. The predicted octanol–water partition coefficient (Wildman–Crippen LogP) is 3.63. The molecule has 0 unspecified atom stereocenters. The van der Waals surface area contributed by atoms with Crippen LogP contribution in [0, 0.1) is 11.8 Å². The van der Waals surface area contributed by atoms with Crippen molar-refractivity contribution in [2.24, 2.45) is 0 Å². The van der Waals surface area contributed by atoms with Crippen LogP contribution < -0.4 is 5.32 Å². The molecule has 0 aliphatic carbocycles. The molecule has 0 atom stereocenters. The molecule has 3 nitrogen and oxygen atoms in total. The van der Waals surface area contributed by atoms with Gasteiger partial charge in [-0.15, -0.1) is 0 Å². The second kappa shape index (κ2) is 5.47. The summed E-state index contributed by atoms with van der Waals surface area (Å²) in [5, 5.41) is 2.09. The van der Waals surface area contributed by atoms with Gasteiger partial charge in [-0.05, 0) is 30.3 Å². The van der Waals surface area contributed by atoms with E-state index in [1.54, 1.807) is 0 Å². The van der Waals surface area contributed by atoms with Gasteiger partial charge in [0.05, 0.1) is 5.56 Å². The average molecular weight is 302 g/mol. The number of pyridine rings is 1. The van der Waals surface area contributed by atoms with Gasteiger partial charge in [-0.3, -0.25) is 4.79 Å². The largest absolute Gasteiger partial charge is 0.419 e. The summed E-state index contributed by atoms with van der Waals surface area (Å²) in [5.41, 5.74) is -2.10. The maximum atomic E-state index is 13.1. The van der Waals surface area contributed by atoms with E-state index in [1.165, 1.54) is 12.1 Å². The number of amides is 1. The molecular formula is C13H7F5N2O. The van der Waals surface area contributed by atoms with Gasteiger partial charge in [-0.25, -0.2) is 9.37 Å². The van der Waals surface area contributed by atoms with E-state index in [4.69, 9.17) is 0 Å². The molecule has 2 aromatic rings. The van der Waals surface area contributed by atoms with Crippen molar-refractivity contribution in [2.45, 2.75) is 6.18 Å². The molecule has 21 heavy (non-hydrogen) atoms. The molecule has 0 saturated heterocycles. The van der Waals surface area contributed by atoms with E-state index in [1.807, 2.05) is 0 Å². The predicted molar refractivity (Wildman–Crippen MR) is 63.6 cm³/mol. The number of halogens is 5. The first-order valence-corrected chi connectivity index (χ1v) is 5.58. The molecule has 1 heterocycles. The second-order valence-electron chi connectivity index (χ2n) is 3.99. The van der Waals surface area contributed by atoms with Crippen molar-refractivity contribution in [3.05, 3.63) is 59.4 Å². The first kappa shape index (κ1) is 14.9. The molecule has 0 radical (unpaired) electrons. The molecule has 1 aromatic carbocycles. The SMILES string of the molecule is O=C(Nc1ccc(F)c(C(F)(F)F)c1)c1cccc(F)n1. The minimum Gasteiger partial charge on any atom is -0.321 e. The normalized spacial score (nSPS) is 11.3. The fourth-order valence-electron chi connectivity index (χ4n) is 1.55. The average Bonchev–Trinajstić information content (AvgIpc) is 2.39. The van der Waals surface area contributed by atoms with Crippen LogP contribution in [-0.4, -0.2) is 10.9 Å². The lowest BCUT2D eigenvalue weighted by atomic mass is 10.1. The van der Waals surface area contributed by atoms with E-state index in [9.17, 15) is 26.7 Å². The van der Waals surface area contributed by atoms with Crippen LogP contribution in [0.2, 0.25) is 0 Å². The summed E-state index contributed by atoms with van der Waals surface area (Å²) in [6.07, 6.45) is -4.89. The zero-order valence-electron chi connectivity index (χ0n) is 10.2. The Labute approximate surface area is 115 Å². The minimum atomic E-state index is -4.89. The van der Waals surface area contributed by atoms with E-state index in [0.717, 1.165) is 12.1 Å². The summed E-state index contributed by atoms with van der Waals surface area (Å²) in [4.78, 5) is 15.0. The number of benzene rings is 1. The van der Waals surface area contributed by atoms with Gasteiger partial charge in [0.1, 0.15) is 11.5 Å². The van der Waals surface area contributed by atoms with Crippen LogP contribution in [0.5, 0.6) is 0 Å². The van der Waals surface area contributed by atoms with E-state index < -0.39 is 29.4 Å². The Morgan fingerprint density at radius 1 is 1.10 bits per heavy atom. The third kappa shape index (κ3) is 3.53. The first-order chi connectivity index (χ1) is 9.77. The number of hydrogen-bond donors (Lipinski definition) is 1. The summed E-state index contributed by atoms with van der Waals surface area (Å²) in [6.45, 7) is 0. The number of anilines is 1. The van der Waals surface area contributed by atoms with Gasteiger partial charge in [-0.1, -0.05) is 6.07 Å². The van der Waals surface area contributed by atoms with Crippen LogP contribution in [0.1, 0.15) is 16.1 Å². The highest BCUT2D eigenvalue weighted by atomic mass is 19.4. The van der Waals surface area contributed by atoms with Gasteiger partial charge in [0.2, 0.25) is 5.95 Å². The molecule has 8 heteroatoms. The van der Waals surface area contributed by atoms with E-state index >= 15 is 0 Å². The highest BCUT2D eigenvalue weighted by Gasteiger charge is 2.34. The Bertz CT molecular complexity index is 685. The number of carbonyl (C=O) groups is 1. The summed E-state index contributed by atoms with van der Waals surface area (Å²) < 4.78 is 63.5. The lowest BCUT2D eigenvalue weighted by Crippen LogP contribution is -2.15. The van der Waals surface area contributed by atoms with E-state index in [2.05, 4.69) is 10.3 Å². The molecule has 1 N–H and O–H groups in total. The molecule has 0 aliphatic rings.